The van der Waals surface area contributed by atoms with Crippen LogP contribution in [0.2, 0.25) is 5.02 Å². The number of hydrogen-bond acceptors (Lipinski definition) is 7. The molecule has 7 nitrogen and oxygen atoms in total. The first-order chi connectivity index (χ1) is 15.2. The zero-order valence-corrected chi connectivity index (χ0v) is 19.4. The summed E-state index contributed by atoms with van der Waals surface area (Å²) in [4.78, 5) is 19.4. The molecule has 10 heteroatoms. The molecule has 0 bridgehead atoms. The Bertz CT molecular complexity index is 1440. The number of nitrogens with two attached hydrogens (primary N) is 1. The van der Waals surface area contributed by atoms with Crippen molar-refractivity contribution in [2.75, 3.05) is 5.73 Å². The van der Waals surface area contributed by atoms with Crippen molar-refractivity contribution in [2.45, 2.75) is 24.0 Å². The second kappa shape index (κ2) is 8.57. The van der Waals surface area contributed by atoms with Gasteiger partial charge >= 0.3 is 5.97 Å². The molecule has 0 spiro atoms. The number of fused-ring (bicyclic) bond motifs is 2. The number of sulfone groups is 1. The number of ether oxygens (including phenoxy) is 1. The van der Waals surface area contributed by atoms with Crippen LogP contribution in [0.25, 0.3) is 21.1 Å². The lowest BCUT2D eigenvalue weighted by Gasteiger charge is -2.22. The Hall–Kier alpha value is -2.88. The van der Waals surface area contributed by atoms with Gasteiger partial charge in [0.05, 0.1) is 15.9 Å². The molecule has 0 radical (unpaired) electrons. The molecule has 32 heavy (non-hydrogen) atoms. The Morgan fingerprint density at radius 1 is 1.31 bits per heavy atom. The van der Waals surface area contributed by atoms with Crippen LogP contribution in [0.5, 0.6) is 0 Å². The van der Waals surface area contributed by atoms with E-state index in [2.05, 4.69) is 16.5 Å². The fraction of sp³-hybridized carbons (Fsp3) is 0.182. The first-order valence-corrected chi connectivity index (χ1v) is 12.5. The summed E-state index contributed by atoms with van der Waals surface area (Å²) < 4.78 is 33.7. The number of nitrogen functional groups attached to an aromatic ring is 1. The maximum Gasteiger partial charge on any atom is 0.307 e. The first-order valence-electron chi connectivity index (χ1n) is 9.71. The Morgan fingerprint density at radius 2 is 2.09 bits per heavy atom. The molecule has 0 fully saturated rings. The van der Waals surface area contributed by atoms with Crippen LogP contribution in [-0.2, 0) is 19.4 Å². The molecule has 2 heterocycles. The molecule has 0 aliphatic rings. The normalized spacial score (nSPS) is 13.8. The molecule has 2 atom stereocenters. The molecular formula is C22H20ClN3O4S2. The van der Waals surface area contributed by atoms with Crippen molar-refractivity contribution >= 4 is 65.0 Å². The van der Waals surface area contributed by atoms with E-state index in [0.29, 0.717) is 32.1 Å². The third-order valence-electron chi connectivity index (χ3n) is 5.01. The quantitative estimate of drug-likeness (QED) is 0.268. The van der Waals surface area contributed by atoms with E-state index >= 15 is 0 Å². The van der Waals surface area contributed by atoms with Gasteiger partial charge in [-0.25, -0.2) is 13.4 Å². The smallest absolute Gasteiger partial charge is 0.307 e. The molecule has 4 aromatic rings. The highest BCUT2D eigenvalue weighted by molar-refractivity contribution is 7.91. The third-order valence-corrected chi connectivity index (χ3v) is 8.21. The molecule has 0 aliphatic carbocycles. The lowest BCUT2D eigenvalue weighted by molar-refractivity contribution is -0.145. The van der Waals surface area contributed by atoms with Crippen molar-refractivity contribution in [1.82, 2.24) is 9.97 Å². The van der Waals surface area contributed by atoms with Crippen LogP contribution in [0.4, 0.5) is 5.13 Å². The van der Waals surface area contributed by atoms with Gasteiger partial charge in [-0.2, -0.15) is 0 Å². The van der Waals surface area contributed by atoms with Gasteiger partial charge < -0.3 is 15.5 Å². The highest BCUT2D eigenvalue weighted by atomic mass is 35.5. The van der Waals surface area contributed by atoms with Crippen molar-refractivity contribution in [3.05, 3.63) is 71.4 Å². The summed E-state index contributed by atoms with van der Waals surface area (Å²) in [7, 11) is -4.12. The first kappa shape index (κ1) is 22.3. The number of thiazole rings is 1. The molecule has 0 aliphatic heterocycles. The summed E-state index contributed by atoms with van der Waals surface area (Å²) >= 11 is 7.32. The third kappa shape index (κ3) is 4.11. The van der Waals surface area contributed by atoms with Gasteiger partial charge in [-0.15, -0.1) is 6.58 Å². The molecule has 0 saturated carbocycles. The molecule has 2 aromatic carbocycles. The van der Waals surface area contributed by atoms with E-state index in [1.807, 2.05) is 0 Å². The Balaban J connectivity index is 1.82. The Labute approximate surface area is 193 Å². The predicted molar refractivity (Wildman–Crippen MR) is 128 cm³/mol. The van der Waals surface area contributed by atoms with Crippen molar-refractivity contribution in [3.63, 3.8) is 0 Å². The van der Waals surface area contributed by atoms with Gasteiger partial charge in [-0.05, 0) is 42.0 Å². The second-order valence-corrected chi connectivity index (χ2v) is 10.8. The average Bonchev–Trinajstić information content (AvgIpc) is 3.33. The van der Waals surface area contributed by atoms with Crippen LogP contribution in [0, 0.1) is 0 Å². The lowest BCUT2D eigenvalue weighted by Crippen LogP contribution is -2.24. The minimum atomic E-state index is -4.12. The van der Waals surface area contributed by atoms with Crippen molar-refractivity contribution in [3.8, 4) is 0 Å². The number of halogens is 1. The molecule has 3 N–H and O–H groups in total. The molecule has 0 saturated heterocycles. The van der Waals surface area contributed by atoms with Gasteiger partial charge in [0.2, 0.25) is 15.3 Å². The topological polar surface area (TPSA) is 115 Å². The number of aromatic nitrogens is 2. The minimum absolute atomic E-state index is 0.0307. The minimum Gasteiger partial charge on any atom is -0.439 e. The number of carbonyl (C=O) groups is 1. The summed E-state index contributed by atoms with van der Waals surface area (Å²) in [5.74, 6) is -0.635. The SMILES string of the molecule is C=CC(c1ccc2nc(N)sc2c1)S(=O)(=O)C(OC(=O)CC)c1cc2cc(Cl)ccc2[nH]1. The van der Waals surface area contributed by atoms with Crippen LogP contribution >= 0.6 is 22.9 Å². The number of anilines is 1. The van der Waals surface area contributed by atoms with Crippen molar-refractivity contribution in [2.24, 2.45) is 0 Å². The zero-order valence-electron chi connectivity index (χ0n) is 17.0. The standard InChI is InChI=1S/C22H20ClN3O4S2/c1-3-19(12-5-7-16-18(11-12)31-22(24)26-16)32(28,29)21(30-20(27)4-2)17-10-13-9-14(23)6-8-15(13)25-17/h3,5-11,19,21,25H,1,4H2,2H3,(H2,24,26). The predicted octanol–water partition coefficient (Wildman–Crippen LogP) is 5.31. The summed E-state index contributed by atoms with van der Waals surface area (Å²) in [5.41, 5.74) is 6.29. The van der Waals surface area contributed by atoms with Crippen LogP contribution in [0.1, 0.15) is 35.3 Å². The van der Waals surface area contributed by atoms with Crippen LogP contribution in [0.15, 0.2) is 55.1 Å². The molecular weight excluding hydrogens is 470 g/mol. The van der Waals surface area contributed by atoms with E-state index in [1.165, 1.54) is 17.4 Å². The molecule has 4 rings (SSSR count). The number of hydrogen-bond donors (Lipinski definition) is 2. The van der Waals surface area contributed by atoms with Gasteiger partial charge in [0.1, 0.15) is 5.25 Å². The summed E-state index contributed by atoms with van der Waals surface area (Å²) in [6, 6.07) is 11.8. The number of carbonyl (C=O) groups excluding carboxylic acids is 1. The largest absolute Gasteiger partial charge is 0.439 e. The van der Waals surface area contributed by atoms with Crippen LogP contribution < -0.4 is 5.73 Å². The van der Waals surface area contributed by atoms with Gasteiger partial charge in [0, 0.05) is 22.3 Å². The van der Waals surface area contributed by atoms with E-state index < -0.39 is 26.5 Å². The van der Waals surface area contributed by atoms with Gasteiger partial charge in [0.15, 0.2) is 5.13 Å². The number of H-pyrrole nitrogens is 1. The van der Waals surface area contributed by atoms with Gasteiger partial charge in [-0.3, -0.25) is 4.79 Å². The monoisotopic (exact) mass is 489 g/mol. The fourth-order valence-corrected chi connectivity index (χ4v) is 6.24. The highest BCUT2D eigenvalue weighted by Gasteiger charge is 2.38. The lowest BCUT2D eigenvalue weighted by atomic mass is 10.1. The average molecular weight is 490 g/mol. The van der Waals surface area contributed by atoms with Gasteiger partial charge in [-0.1, -0.05) is 42.0 Å². The molecule has 2 unspecified atom stereocenters. The molecule has 2 aromatic heterocycles. The van der Waals surface area contributed by atoms with Crippen LogP contribution in [0.3, 0.4) is 0 Å². The highest BCUT2D eigenvalue weighted by Crippen LogP contribution is 2.38. The second-order valence-electron chi connectivity index (χ2n) is 7.16. The summed E-state index contributed by atoms with van der Waals surface area (Å²) in [6.45, 7) is 5.34. The Morgan fingerprint density at radius 3 is 2.81 bits per heavy atom. The van der Waals surface area contributed by atoms with Crippen molar-refractivity contribution < 1.29 is 17.9 Å². The summed E-state index contributed by atoms with van der Waals surface area (Å²) in [6.07, 6.45) is 1.36. The Kier molecular flexibility index (Phi) is 5.98. The maximum atomic E-state index is 13.8. The van der Waals surface area contributed by atoms with Crippen LogP contribution in [-0.4, -0.2) is 24.4 Å². The number of benzene rings is 2. The zero-order chi connectivity index (χ0) is 23.0. The molecule has 0 amide bonds. The maximum absolute atomic E-state index is 13.8. The van der Waals surface area contributed by atoms with E-state index in [4.69, 9.17) is 22.1 Å². The van der Waals surface area contributed by atoms with E-state index in [9.17, 15) is 13.2 Å². The van der Waals surface area contributed by atoms with Gasteiger partial charge in [0.25, 0.3) is 0 Å². The number of aromatic amines is 1. The van der Waals surface area contributed by atoms with E-state index in [0.717, 1.165) is 4.70 Å². The molecule has 166 valence electrons. The summed E-state index contributed by atoms with van der Waals surface area (Å²) in [5, 5.41) is 0.479. The van der Waals surface area contributed by atoms with Crippen molar-refractivity contribution in [1.29, 1.82) is 0 Å². The van der Waals surface area contributed by atoms with E-state index in [-0.39, 0.29) is 12.1 Å². The fourth-order valence-electron chi connectivity index (χ4n) is 3.49. The van der Waals surface area contributed by atoms with E-state index in [1.54, 1.807) is 49.4 Å². The number of nitrogens with one attached hydrogen (secondary N) is 1. The number of nitrogens with zero attached hydrogens (tertiary/aromatic N) is 1. The number of rotatable bonds is 7. The number of esters is 1.